The van der Waals surface area contributed by atoms with Crippen LogP contribution in [0.3, 0.4) is 0 Å². The number of hydrogen-bond acceptors (Lipinski definition) is 3. The maximum atomic E-state index is 11.4. The molecule has 1 amide bonds. The van der Waals surface area contributed by atoms with E-state index in [9.17, 15) is 4.79 Å². The molecular weight excluding hydrogens is 216 g/mol. The Balaban J connectivity index is 2.77. The lowest BCUT2D eigenvalue weighted by Gasteiger charge is -2.11. The number of anilines is 1. The summed E-state index contributed by atoms with van der Waals surface area (Å²) in [7, 11) is 0. The summed E-state index contributed by atoms with van der Waals surface area (Å²) in [6, 6.07) is 4.20. The number of nitrogens with one attached hydrogen (secondary N) is 1. The first kappa shape index (κ1) is 12.0. The molecule has 0 spiro atoms. The van der Waals surface area contributed by atoms with Crippen LogP contribution in [-0.4, -0.2) is 23.7 Å². The Hall–Kier alpha value is -1.10. The van der Waals surface area contributed by atoms with E-state index in [1.807, 2.05) is 6.92 Å². The van der Waals surface area contributed by atoms with E-state index in [2.05, 4.69) is 5.32 Å². The molecule has 0 saturated heterocycles. The van der Waals surface area contributed by atoms with Crippen LogP contribution in [0.15, 0.2) is 18.2 Å². The molecule has 0 fully saturated rings. The van der Waals surface area contributed by atoms with E-state index in [4.69, 9.17) is 22.4 Å². The molecule has 0 radical (unpaired) electrons. The predicted octanol–water partition coefficient (Wildman–Crippen LogP) is 0.907. The molecule has 15 heavy (non-hydrogen) atoms. The van der Waals surface area contributed by atoms with Gasteiger partial charge in [0.1, 0.15) is 6.04 Å². The molecule has 4 N–H and O–H groups in total. The normalized spacial score (nSPS) is 12.3. The van der Waals surface area contributed by atoms with Gasteiger partial charge >= 0.3 is 0 Å². The summed E-state index contributed by atoms with van der Waals surface area (Å²) < 4.78 is 0. The summed E-state index contributed by atoms with van der Waals surface area (Å²) in [6.07, 6.45) is 0. The number of amides is 1. The summed E-state index contributed by atoms with van der Waals surface area (Å²) in [6.45, 7) is 1.45. The number of hydrogen-bond donors (Lipinski definition) is 3. The highest BCUT2D eigenvalue weighted by molar-refractivity contribution is 6.30. The third-order valence-corrected chi connectivity index (χ3v) is 2.21. The van der Waals surface area contributed by atoms with Gasteiger partial charge in [-0.05, 0) is 30.7 Å². The van der Waals surface area contributed by atoms with Crippen LogP contribution in [0.25, 0.3) is 0 Å². The number of carbonyl (C=O) groups is 1. The van der Waals surface area contributed by atoms with Crippen LogP contribution < -0.4 is 11.1 Å². The molecule has 5 heteroatoms. The van der Waals surface area contributed by atoms with Crippen LogP contribution in [0.5, 0.6) is 0 Å². The lowest BCUT2D eigenvalue weighted by molar-refractivity contribution is -0.118. The topological polar surface area (TPSA) is 75.4 Å². The highest BCUT2D eigenvalue weighted by Crippen LogP contribution is 2.19. The first-order valence-electron chi connectivity index (χ1n) is 4.48. The number of nitrogens with two attached hydrogens (primary N) is 1. The lowest BCUT2D eigenvalue weighted by atomic mass is 10.2. The Labute approximate surface area is 93.0 Å². The lowest BCUT2D eigenvalue weighted by Crippen LogP contribution is -2.38. The van der Waals surface area contributed by atoms with Gasteiger partial charge in [-0.15, -0.1) is 0 Å². The van der Waals surface area contributed by atoms with Crippen molar-refractivity contribution in [3.63, 3.8) is 0 Å². The Kier molecular flexibility index (Phi) is 4.08. The molecule has 1 unspecified atom stereocenters. The van der Waals surface area contributed by atoms with E-state index >= 15 is 0 Å². The molecule has 82 valence electrons. The number of aliphatic hydroxyl groups is 1. The van der Waals surface area contributed by atoms with Gasteiger partial charge in [-0.25, -0.2) is 0 Å². The second-order valence-corrected chi connectivity index (χ2v) is 3.67. The molecule has 1 aromatic rings. The molecule has 4 nitrogen and oxygen atoms in total. The van der Waals surface area contributed by atoms with Crippen LogP contribution in [0, 0.1) is 6.92 Å². The fraction of sp³-hybridized carbons (Fsp3) is 0.300. The second kappa shape index (κ2) is 5.11. The standard InChI is InChI=1S/C10H13ClN2O2/c1-6-4-7(11)2-3-9(6)13-10(15)8(12)5-14/h2-4,8,14H,5,12H2,1H3,(H,13,15). The van der Waals surface area contributed by atoms with Crippen molar-refractivity contribution in [2.45, 2.75) is 13.0 Å². The minimum Gasteiger partial charge on any atom is -0.394 e. The summed E-state index contributed by atoms with van der Waals surface area (Å²) in [4.78, 5) is 11.4. The molecule has 1 atom stereocenters. The van der Waals surface area contributed by atoms with E-state index in [1.165, 1.54) is 0 Å². The fourth-order valence-corrected chi connectivity index (χ4v) is 1.30. The minimum absolute atomic E-state index is 0.377. The zero-order chi connectivity index (χ0) is 11.4. The van der Waals surface area contributed by atoms with Gasteiger partial charge in [-0.1, -0.05) is 11.6 Å². The number of aliphatic hydroxyl groups excluding tert-OH is 1. The van der Waals surface area contributed by atoms with Gasteiger partial charge in [0.2, 0.25) is 5.91 Å². The number of aryl methyl sites for hydroxylation is 1. The maximum absolute atomic E-state index is 11.4. The van der Waals surface area contributed by atoms with Crippen molar-refractivity contribution in [3.8, 4) is 0 Å². The second-order valence-electron chi connectivity index (χ2n) is 3.24. The van der Waals surface area contributed by atoms with Gasteiger partial charge in [-0.2, -0.15) is 0 Å². The van der Waals surface area contributed by atoms with Crippen molar-refractivity contribution in [2.75, 3.05) is 11.9 Å². The average molecular weight is 229 g/mol. The van der Waals surface area contributed by atoms with Crippen molar-refractivity contribution in [3.05, 3.63) is 28.8 Å². The first-order valence-corrected chi connectivity index (χ1v) is 4.86. The molecule has 0 aliphatic heterocycles. The zero-order valence-electron chi connectivity index (χ0n) is 8.33. The summed E-state index contributed by atoms with van der Waals surface area (Å²) in [5.74, 6) is -0.414. The van der Waals surface area contributed by atoms with Crippen molar-refractivity contribution in [1.82, 2.24) is 0 Å². The third kappa shape index (κ3) is 3.20. The van der Waals surface area contributed by atoms with Crippen LogP contribution in [0.1, 0.15) is 5.56 Å². The van der Waals surface area contributed by atoms with Gasteiger partial charge in [-0.3, -0.25) is 4.79 Å². The monoisotopic (exact) mass is 228 g/mol. The third-order valence-electron chi connectivity index (χ3n) is 1.98. The average Bonchev–Trinajstić information content (AvgIpc) is 2.20. The minimum atomic E-state index is -0.903. The molecule has 0 bridgehead atoms. The van der Waals surface area contributed by atoms with Crippen molar-refractivity contribution in [2.24, 2.45) is 5.73 Å². The van der Waals surface area contributed by atoms with Crippen LogP contribution >= 0.6 is 11.6 Å². The quantitative estimate of drug-likeness (QED) is 0.720. The number of benzene rings is 1. The molecule has 1 rings (SSSR count). The van der Waals surface area contributed by atoms with Crippen molar-refractivity contribution in [1.29, 1.82) is 0 Å². The van der Waals surface area contributed by atoms with Gasteiger partial charge in [0.05, 0.1) is 6.61 Å². The SMILES string of the molecule is Cc1cc(Cl)ccc1NC(=O)C(N)CO. The van der Waals surface area contributed by atoms with Gasteiger partial charge in [0, 0.05) is 10.7 Å². The van der Waals surface area contributed by atoms with Crippen molar-refractivity contribution >= 4 is 23.2 Å². The van der Waals surface area contributed by atoms with E-state index in [0.29, 0.717) is 10.7 Å². The fourth-order valence-electron chi connectivity index (χ4n) is 1.08. The Morgan fingerprint density at radius 1 is 1.67 bits per heavy atom. The first-order chi connectivity index (χ1) is 7.04. The largest absolute Gasteiger partial charge is 0.394 e. The molecule has 0 aromatic heterocycles. The van der Waals surface area contributed by atoms with E-state index in [0.717, 1.165) is 5.56 Å². The summed E-state index contributed by atoms with van der Waals surface area (Å²) in [5, 5.41) is 11.9. The molecule has 0 aliphatic rings. The van der Waals surface area contributed by atoms with Crippen LogP contribution in [0.2, 0.25) is 5.02 Å². The number of rotatable bonds is 3. The molecular formula is C10H13ClN2O2. The number of carbonyl (C=O) groups excluding carboxylic acids is 1. The molecule has 1 aromatic carbocycles. The van der Waals surface area contributed by atoms with E-state index < -0.39 is 11.9 Å². The van der Waals surface area contributed by atoms with Gasteiger partial charge in [0.25, 0.3) is 0 Å². The van der Waals surface area contributed by atoms with Gasteiger partial charge < -0.3 is 16.2 Å². The Morgan fingerprint density at radius 3 is 2.87 bits per heavy atom. The molecule has 0 aliphatic carbocycles. The Bertz CT molecular complexity index is 368. The van der Waals surface area contributed by atoms with E-state index in [-0.39, 0.29) is 6.61 Å². The molecule has 0 saturated carbocycles. The smallest absolute Gasteiger partial charge is 0.243 e. The van der Waals surface area contributed by atoms with Gasteiger partial charge in [0.15, 0.2) is 0 Å². The van der Waals surface area contributed by atoms with Crippen molar-refractivity contribution < 1.29 is 9.90 Å². The van der Waals surface area contributed by atoms with Crippen LogP contribution in [0.4, 0.5) is 5.69 Å². The predicted molar refractivity (Wildman–Crippen MR) is 59.9 cm³/mol. The zero-order valence-corrected chi connectivity index (χ0v) is 9.08. The summed E-state index contributed by atoms with van der Waals surface area (Å²) in [5.41, 5.74) is 6.85. The summed E-state index contributed by atoms with van der Waals surface area (Å²) >= 11 is 5.77. The highest BCUT2D eigenvalue weighted by atomic mass is 35.5. The van der Waals surface area contributed by atoms with E-state index in [1.54, 1.807) is 18.2 Å². The maximum Gasteiger partial charge on any atom is 0.243 e. The number of halogens is 1. The Morgan fingerprint density at radius 2 is 2.33 bits per heavy atom. The highest BCUT2D eigenvalue weighted by Gasteiger charge is 2.12. The van der Waals surface area contributed by atoms with Crippen LogP contribution in [-0.2, 0) is 4.79 Å². The molecule has 0 heterocycles.